The van der Waals surface area contributed by atoms with Crippen molar-refractivity contribution < 1.29 is 29.3 Å². The van der Waals surface area contributed by atoms with Gasteiger partial charge in [-0.15, -0.1) is 0 Å². The molecule has 0 fully saturated rings. The summed E-state index contributed by atoms with van der Waals surface area (Å²) in [6, 6.07) is 9.22. The summed E-state index contributed by atoms with van der Waals surface area (Å²) in [4.78, 5) is 21.4. The Kier molecular flexibility index (Phi) is 7.18. The average Bonchev–Trinajstić information content (AvgIpc) is 2.63. The van der Waals surface area contributed by atoms with Crippen LogP contribution in [0, 0.1) is 0 Å². The molecule has 0 aromatic heterocycles. The number of nitrogens with one attached hydrogen (secondary N) is 1. The van der Waals surface area contributed by atoms with Crippen molar-refractivity contribution in [3.8, 4) is 11.5 Å². The SMILES string of the molecule is CCOc1cc(C=NNc2cccc(C(=O)[O-])c2)c(Br)cc1OCC(=O)[O-]. The van der Waals surface area contributed by atoms with Crippen molar-refractivity contribution in [3.63, 3.8) is 0 Å². The molecule has 0 atom stereocenters. The predicted molar refractivity (Wildman–Crippen MR) is 97.8 cm³/mol. The van der Waals surface area contributed by atoms with Gasteiger partial charge in [0.05, 0.1) is 30.4 Å². The van der Waals surface area contributed by atoms with Crippen LogP contribution in [0.15, 0.2) is 46.0 Å². The van der Waals surface area contributed by atoms with E-state index in [-0.39, 0.29) is 11.3 Å². The van der Waals surface area contributed by atoms with Crippen LogP contribution in [-0.4, -0.2) is 31.4 Å². The summed E-state index contributed by atoms with van der Waals surface area (Å²) in [5.41, 5.74) is 3.86. The van der Waals surface area contributed by atoms with Crippen LogP contribution in [0.25, 0.3) is 0 Å². The van der Waals surface area contributed by atoms with Gasteiger partial charge in [-0.1, -0.05) is 12.1 Å². The second-order valence-electron chi connectivity index (χ2n) is 5.15. The molecule has 2 aromatic carbocycles. The second-order valence-corrected chi connectivity index (χ2v) is 6.01. The van der Waals surface area contributed by atoms with Gasteiger partial charge in [-0.25, -0.2) is 0 Å². The molecule has 0 radical (unpaired) electrons. The van der Waals surface area contributed by atoms with Gasteiger partial charge in [-0.05, 0) is 52.7 Å². The van der Waals surface area contributed by atoms with Crippen molar-refractivity contribution >= 4 is 39.8 Å². The molecule has 0 heterocycles. The number of carboxylic acids is 2. The highest BCUT2D eigenvalue weighted by atomic mass is 79.9. The number of hydrazone groups is 1. The van der Waals surface area contributed by atoms with E-state index in [4.69, 9.17) is 9.47 Å². The van der Waals surface area contributed by atoms with Gasteiger partial charge in [0.1, 0.15) is 6.61 Å². The first-order valence-electron chi connectivity index (χ1n) is 7.80. The lowest BCUT2D eigenvalue weighted by Gasteiger charge is -2.14. The van der Waals surface area contributed by atoms with E-state index >= 15 is 0 Å². The van der Waals surface area contributed by atoms with Crippen molar-refractivity contribution in [3.05, 3.63) is 52.0 Å². The molecular weight excluding hydrogens is 420 g/mol. The van der Waals surface area contributed by atoms with E-state index in [1.165, 1.54) is 18.3 Å². The first kappa shape index (κ1) is 20.2. The van der Waals surface area contributed by atoms with Gasteiger partial charge in [0.2, 0.25) is 0 Å². The summed E-state index contributed by atoms with van der Waals surface area (Å²) in [6.45, 7) is 1.54. The monoisotopic (exact) mass is 434 g/mol. The molecule has 142 valence electrons. The van der Waals surface area contributed by atoms with Crippen LogP contribution in [0.2, 0.25) is 0 Å². The number of aliphatic carboxylic acids is 1. The summed E-state index contributed by atoms with van der Waals surface area (Å²) in [5.74, 6) is -2.02. The van der Waals surface area contributed by atoms with Crippen molar-refractivity contribution in [2.45, 2.75) is 6.92 Å². The lowest BCUT2D eigenvalue weighted by atomic mass is 10.2. The number of ether oxygens (including phenoxy) is 2. The third-order valence-electron chi connectivity index (χ3n) is 3.20. The maximum Gasteiger partial charge on any atom is 0.162 e. The number of nitrogens with zero attached hydrogens (tertiary/aromatic N) is 1. The Morgan fingerprint density at radius 1 is 1.19 bits per heavy atom. The standard InChI is InChI=1S/C18H17BrN2O6/c1-2-26-15-7-12(14(19)8-16(15)27-10-17(22)23)9-20-21-13-5-3-4-11(6-13)18(24)25/h3-9,21H,2,10H2,1H3,(H,22,23)(H,24,25)/p-2. The summed E-state index contributed by atoms with van der Waals surface area (Å²) >= 11 is 3.35. The van der Waals surface area contributed by atoms with Gasteiger partial charge in [0.25, 0.3) is 0 Å². The summed E-state index contributed by atoms with van der Waals surface area (Å²) in [6.07, 6.45) is 1.49. The Balaban J connectivity index is 2.18. The van der Waals surface area contributed by atoms with Gasteiger partial charge >= 0.3 is 0 Å². The molecule has 8 nitrogen and oxygen atoms in total. The lowest BCUT2D eigenvalue weighted by Crippen LogP contribution is -2.29. The summed E-state index contributed by atoms with van der Waals surface area (Å²) in [5, 5.41) is 25.5. The van der Waals surface area contributed by atoms with E-state index in [0.29, 0.717) is 28.1 Å². The molecule has 27 heavy (non-hydrogen) atoms. The maximum absolute atomic E-state index is 10.9. The Morgan fingerprint density at radius 2 is 1.93 bits per heavy atom. The molecule has 0 aliphatic rings. The van der Waals surface area contributed by atoms with Crippen LogP contribution in [0.5, 0.6) is 11.5 Å². The minimum atomic E-state index is -1.35. The van der Waals surface area contributed by atoms with Gasteiger partial charge in [-0.3, -0.25) is 5.43 Å². The van der Waals surface area contributed by atoms with Crippen LogP contribution in [0.4, 0.5) is 5.69 Å². The summed E-state index contributed by atoms with van der Waals surface area (Å²) in [7, 11) is 0. The minimum Gasteiger partial charge on any atom is -0.546 e. The van der Waals surface area contributed by atoms with E-state index < -0.39 is 18.5 Å². The van der Waals surface area contributed by atoms with E-state index in [0.717, 1.165) is 0 Å². The van der Waals surface area contributed by atoms with Gasteiger partial charge in [0, 0.05) is 10.0 Å². The largest absolute Gasteiger partial charge is 0.546 e. The molecule has 9 heteroatoms. The highest BCUT2D eigenvalue weighted by Gasteiger charge is 2.10. The van der Waals surface area contributed by atoms with Crippen molar-refractivity contribution in [1.29, 1.82) is 0 Å². The van der Waals surface area contributed by atoms with Crippen molar-refractivity contribution in [2.24, 2.45) is 5.10 Å². The van der Waals surface area contributed by atoms with Gasteiger partial charge < -0.3 is 29.3 Å². The van der Waals surface area contributed by atoms with Gasteiger partial charge in [0.15, 0.2) is 11.5 Å². The van der Waals surface area contributed by atoms with Crippen LogP contribution >= 0.6 is 15.9 Å². The van der Waals surface area contributed by atoms with Crippen molar-refractivity contribution in [1.82, 2.24) is 0 Å². The Hall–Kier alpha value is -3.07. The van der Waals surface area contributed by atoms with Crippen LogP contribution in [-0.2, 0) is 4.79 Å². The number of carbonyl (C=O) groups excluding carboxylic acids is 2. The lowest BCUT2D eigenvalue weighted by molar-refractivity contribution is -0.307. The molecule has 0 unspecified atom stereocenters. The van der Waals surface area contributed by atoms with E-state index in [9.17, 15) is 19.8 Å². The molecule has 0 saturated carbocycles. The molecule has 0 spiro atoms. The number of carboxylic acid groups (broad SMARTS) is 2. The Morgan fingerprint density at radius 3 is 2.59 bits per heavy atom. The summed E-state index contributed by atoms with van der Waals surface area (Å²) < 4.78 is 11.2. The third kappa shape index (κ3) is 6.00. The molecule has 0 amide bonds. The number of carbonyl (C=O) groups is 2. The maximum atomic E-state index is 10.9. The highest BCUT2D eigenvalue weighted by molar-refractivity contribution is 9.10. The Labute approximate surface area is 163 Å². The molecule has 0 aliphatic heterocycles. The van der Waals surface area contributed by atoms with Crippen LogP contribution < -0.4 is 25.1 Å². The minimum absolute atomic E-state index is 0.0319. The molecule has 0 bridgehead atoms. The zero-order valence-corrected chi connectivity index (χ0v) is 15.8. The second kappa shape index (κ2) is 9.58. The Bertz CT molecular complexity index is 869. The number of hydrogen-bond donors (Lipinski definition) is 1. The van der Waals surface area contributed by atoms with E-state index in [2.05, 4.69) is 26.5 Å². The molecular formula is C18H15BrN2O6-2. The molecule has 0 aliphatic carbocycles. The quantitative estimate of drug-likeness (QED) is 0.456. The fourth-order valence-corrected chi connectivity index (χ4v) is 2.48. The topological polar surface area (TPSA) is 123 Å². The third-order valence-corrected chi connectivity index (χ3v) is 3.89. The molecule has 2 aromatic rings. The number of hydrogen-bond acceptors (Lipinski definition) is 8. The zero-order chi connectivity index (χ0) is 19.8. The smallest absolute Gasteiger partial charge is 0.162 e. The molecule has 1 N–H and O–H groups in total. The van der Waals surface area contributed by atoms with Gasteiger partial charge in [-0.2, -0.15) is 5.10 Å². The van der Waals surface area contributed by atoms with E-state index in [1.807, 2.05) is 0 Å². The number of aromatic carboxylic acids is 1. The fraction of sp³-hybridized carbons (Fsp3) is 0.167. The zero-order valence-electron chi connectivity index (χ0n) is 14.2. The van der Waals surface area contributed by atoms with Crippen LogP contribution in [0.1, 0.15) is 22.8 Å². The molecule has 0 saturated heterocycles. The number of anilines is 1. The number of rotatable bonds is 9. The average molecular weight is 435 g/mol. The predicted octanol–water partition coefficient (Wildman–Crippen LogP) is 0.786. The van der Waals surface area contributed by atoms with E-state index in [1.54, 1.807) is 31.2 Å². The first-order chi connectivity index (χ1) is 12.9. The van der Waals surface area contributed by atoms with Crippen molar-refractivity contribution in [2.75, 3.05) is 18.6 Å². The molecule has 2 rings (SSSR count). The number of benzene rings is 2. The first-order valence-corrected chi connectivity index (χ1v) is 8.59. The fourth-order valence-electron chi connectivity index (χ4n) is 2.06. The highest BCUT2D eigenvalue weighted by Crippen LogP contribution is 2.33. The normalized spacial score (nSPS) is 10.6. The number of halogens is 1. The van der Waals surface area contributed by atoms with Crippen LogP contribution in [0.3, 0.4) is 0 Å².